The van der Waals surface area contributed by atoms with Gasteiger partial charge in [-0.2, -0.15) is 0 Å². The molecule has 5 rings (SSSR count). The molecule has 0 unspecified atom stereocenters. The summed E-state index contributed by atoms with van der Waals surface area (Å²) in [5.74, 6) is 0.281. The largest absolute Gasteiger partial charge is 0.438 e. The lowest BCUT2D eigenvalue weighted by molar-refractivity contribution is 0.199. The summed E-state index contributed by atoms with van der Waals surface area (Å²) in [4.78, 5) is 19.5. The third-order valence-corrected chi connectivity index (χ3v) is 6.14. The molecule has 3 aromatic carbocycles. The lowest BCUT2D eigenvalue weighted by Gasteiger charge is -2.22. The number of fused-ring (bicyclic) bond motifs is 1. The van der Waals surface area contributed by atoms with Gasteiger partial charge >= 0.3 is 6.03 Å². The minimum Gasteiger partial charge on any atom is -0.438 e. The Hall–Kier alpha value is -3.67. The second-order valence-electron chi connectivity index (χ2n) is 8.32. The van der Waals surface area contributed by atoms with Crippen LogP contribution >= 0.6 is 0 Å². The van der Waals surface area contributed by atoms with Crippen LogP contribution in [0, 0.1) is 19.7 Å². The van der Waals surface area contributed by atoms with Crippen molar-refractivity contribution in [2.24, 2.45) is 0 Å². The van der Waals surface area contributed by atoms with Crippen LogP contribution in [0.4, 0.5) is 14.9 Å². The van der Waals surface area contributed by atoms with Crippen LogP contribution in [0.5, 0.6) is 0 Å². The standard InChI is InChI=1S/C26H24FN3O2/c1-16-5-11-21(14-17(16)2)28-26(31)30-13-3-4-23(30)25-29-22-15-19(8-12-24(22)32-25)18-6-9-20(27)10-7-18/h5-12,14-15,23H,3-4,13H2,1-2H3,(H,28,31)/t23-/m1/s1. The molecule has 1 atom stereocenters. The number of likely N-dealkylation sites (tertiary alicyclic amines) is 1. The summed E-state index contributed by atoms with van der Waals surface area (Å²) < 4.78 is 19.3. The summed E-state index contributed by atoms with van der Waals surface area (Å²) in [6.07, 6.45) is 1.70. The molecule has 0 saturated carbocycles. The Bertz CT molecular complexity index is 1300. The molecular weight excluding hydrogens is 405 g/mol. The van der Waals surface area contributed by atoms with E-state index in [4.69, 9.17) is 9.40 Å². The zero-order valence-corrected chi connectivity index (χ0v) is 18.1. The Morgan fingerprint density at radius 2 is 1.81 bits per heavy atom. The van der Waals surface area contributed by atoms with Gasteiger partial charge in [-0.25, -0.2) is 14.2 Å². The molecule has 0 aliphatic carbocycles. The number of rotatable bonds is 3. The van der Waals surface area contributed by atoms with Gasteiger partial charge in [0.25, 0.3) is 0 Å². The monoisotopic (exact) mass is 429 g/mol. The third-order valence-electron chi connectivity index (χ3n) is 6.14. The minimum absolute atomic E-state index is 0.148. The molecule has 1 aliphatic heterocycles. The molecule has 4 aromatic rings. The van der Waals surface area contributed by atoms with Crippen LogP contribution in [0.25, 0.3) is 22.2 Å². The number of halogens is 1. The Morgan fingerprint density at radius 1 is 1.03 bits per heavy atom. The van der Waals surface area contributed by atoms with Crippen LogP contribution in [0.15, 0.2) is 65.1 Å². The average Bonchev–Trinajstić information content (AvgIpc) is 3.43. The van der Waals surface area contributed by atoms with Crippen molar-refractivity contribution in [3.63, 3.8) is 0 Å². The van der Waals surface area contributed by atoms with Gasteiger partial charge in [0, 0.05) is 12.2 Å². The van der Waals surface area contributed by atoms with Crippen LogP contribution in [0.2, 0.25) is 0 Å². The maximum Gasteiger partial charge on any atom is 0.322 e. The predicted octanol–water partition coefficient (Wildman–Crippen LogP) is 6.62. The minimum atomic E-state index is -0.265. The van der Waals surface area contributed by atoms with Crippen molar-refractivity contribution in [3.8, 4) is 11.1 Å². The number of nitrogens with one attached hydrogen (secondary N) is 1. The quantitative estimate of drug-likeness (QED) is 0.398. The molecule has 2 heterocycles. The molecule has 0 bridgehead atoms. The Labute approximate surface area is 185 Å². The smallest absolute Gasteiger partial charge is 0.322 e. The van der Waals surface area contributed by atoms with E-state index in [0.717, 1.165) is 40.7 Å². The SMILES string of the molecule is Cc1ccc(NC(=O)N2CCC[C@@H]2c2nc3cc(-c4ccc(F)cc4)ccc3o2)cc1C. The van der Waals surface area contributed by atoms with Crippen molar-refractivity contribution in [2.75, 3.05) is 11.9 Å². The van der Waals surface area contributed by atoms with E-state index >= 15 is 0 Å². The van der Waals surface area contributed by atoms with E-state index in [-0.39, 0.29) is 17.9 Å². The van der Waals surface area contributed by atoms with Crippen LogP contribution in [-0.2, 0) is 0 Å². The lowest BCUT2D eigenvalue weighted by Crippen LogP contribution is -2.34. The first kappa shape index (κ1) is 20.2. The van der Waals surface area contributed by atoms with E-state index in [1.54, 1.807) is 17.0 Å². The highest BCUT2D eigenvalue weighted by Crippen LogP contribution is 2.35. The van der Waals surface area contributed by atoms with Crippen molar-refractivity contribution >= 4 is 22.8 Å². The van der Waals surface area contributed by atoms with Crippen molar-refractivity contribution in [1.29, 1.82) is 0 Å². The predicted molar refractivity (Wildman–Crippen MR) is 123 cm³/mol. The zero-order chi connectivity index (χ0) is 22.2. The van der Waals surface area contributed by atoms with Gasteiger partial charge in [0.15, 0.2) is 5.58 Å². The van der Waals surface area contributed by atoms with Crippen LogP contribution in [-0.4, -0.2) is 22.5 Å². The van der Waals surface area contributed by atoms with Gasteiger partial charge < -0.3 is 14.6 Å². The normalized spacial score (nSPS) is 16.0. The van der Waals surface area contributed by atoms with Gasteiger partial charge in [0.2, 0.25) is 5.89 Å². The average molecular weight is 429 g/mol. The Kier molecular flexibility index (Phi) is 5.13. The van der Waals surface area contributed by atoms with Crippen molar-refractivity contribution in [3.05, 3.63) is 83.5 Å². The third kappa shape index (κ3) is 3.84. The number of nitrogens with zero attached hydrogens (tertiary/aromatic N) is 2. The van der Waals surface area contributed by atoms with E-state index in [1.165, 1.54) is 17.7 Å². The van der Waals surface area contributed by atoms with E-state index < -0.39 is 0 Å². The van der Waals surface area contributed by atoms with E-state index in [9.17, 15) is 9.18 Å². The van der Waals surface area contributed by atoms with Crippen molar-refractivity contribution in [1.82, 2.24) is 9.88 Å². The summed E-state index contributed by atoms with van der Waals surface area (Å²) in [6, 6.07) is 17.7. The molecule has 162 valence electrons. The van der Waals surface area contributed by atoms with Crippen LogP contribution < -0.4 is 5.32 Å². The molecular formula is C26H24FN3O2. The highest BCUT2D eigenvalue weighted by Gasteiger charge is 2.33. The fourth-order valence-corrected chi connectivity index (χ4v) is 4.19. The molecule has 1 N–H and O–H groups in total. The number of hydrogen-bond acceptors (Lipinski definition) is 3. The highest BCUT2D eigenvalue weighted by molar-refractivity contribution is 5.90. The molecule has 0 radical (unpaired) electrons. The Balaban J connectivity index is 1.39. The summed E-state index contributed by atoms with van der Waals surface area (Å²) in [7, 11) is 0. The summed E-state index contributed by atoms with van der Waals surface area (Å²) >= 11 is 0. The number of benzene rings is 3. The molecule has 1 saturated heterocycles. The molecule has 5 nitrogen and oxygen atoms in total. The number of aromatic nitrogens is 1. The first-order valence-corrected chi connectivity index (χ1v) is 10.8. The zero-order valence-electron chi connectivity index (χ0n) is 18.1. The number of aryl methyl sites for hydroxylation is 2. The van der Waals surface area contributed by atoms with Gasteiger partial charge in [-0.15, -0.1) is 0 Å². The molecule has 6 heteroatoms. The van der Waals surface area contributed by atoms with Gasteiger partial charge in [-0.3, -0.25) is 0 Å². The van der Waals surface area contributed by atoms with E-state index in [0.29, 0.717) is 18.0 Å². The van der Waals surface area contributed by atoms with Gasteiger partial charge in [-0.05, 0) is 85.3 Å². The first-order chi connectivity index (χ1) is 15.5. The molecule has 0 spiro atoms. The first-order valence-electron chi connectivity index (χ1n) is 10.8. The number of urea groups is 1. The van der Waals surface area contributed by atoms with E-state index in [2.05, 4.69) is 5.32 Å². The van der Waals surface area contributed by atoms with Gasteiger partial charge in [-0.1, -0.05) is 24.3 Å². The topological polar surface area (TPSA) is 58.4 Å². The van der Waals surface area contributed by atoms with Crippen LogP contribution in [0.1, 0.15) is 35.9 Å². The number of carbonyl (C=O) groups excluding carboxylic acids is 1. The van der Waals surface area contributed by atoms with Crippen molar-refractivity contribution in [2.45, 2.75) is 32.7 Å². The number of hydrogen-bond donors (Lipinski definition) is 1. The Morgan fingerprint density at radius 3 is 2.59 bits per heavy atom. The number of oxazole rings is 1. The second kappa shape index (κ2) is 8.11. The molecule has 32 heavy (non-hydrogen) atoms. The fraction of sp³-hybridized carbons (Fsp3) is 0.231. The lowest BCUT2D eigenvalue weighted by atomic mass is 10.1. The maximum absolute atomic E-state index is 13.2. The molecule has 1 aromatic heterocycles. The highest BCUT2D eigenvalue weighted by atomic mass is 19.1. The van der Waals surface area contributed by atoms with Gasteiger partial charge in [0.1, 0.15) is 17.4 Å². The van der Waals surface area contributed by atoms with Gasteiger partial charge in [0.05, 0.1) is 0 Å². The summed E-state index contributed by atoms with van der Waals surface area (Å²) in [5.41, 5.74) is 6.35. The second-order valence-corrected chi connectivity index (χ2v) is 8.32. The number of carbonyl (C=O) groups is 1. The number of amides is 2. The molecule has 1 aliphatic rings. The summed E-state index contributed by atoms with van der Waals surface area (Å²) in [5, 5.41) is 3.01. The molecule has 2 amide bonds. The fourth-order valence-electron chi connectivity index (χ4n) is 4.19. The molecule has 1 fully saturated rings. The summed E-state index contributed by atoms with van der Waals surface area (Å²) in [6.45, 7) is 4.73. The maximum atomic E-state index is 13.2. The van der Waals surface area contributed by atoms with Crippen LogP contribution in [0.3, 0.4) is 0 Å². The van der Waals surface area contributed by atoms with E-state index in [1.807, 2.05) is 50.2 Å². The van der Waals surface area contributed by atoms with Crippen molar-refractivity contribution < 1.29 is 13.6 Å². The number of anilines is 1.